The summed E-state index contributed by atoms with van der Waals surface area (Å²) < 4.78 is 10.2. The lowest BCUT2D eigenvalue weighted by molar-refractivity contribution is 0.0689. The van der Waals surface area contributed by atoms with E-state index in [0.717, 1.165) is 31.2 Å². The first-order valence-electron chi connectivity index (χ1n) is 13.6. The highest BCUT2D eigenvalue weighted by molar-refractivity contribution is 7.12. The Balaban J connectivity index is 1.93. The van der Waals surface area contributed by atoms with Gasteiger partial charge in [-0.05, 0) is 48.4 Å². The van der Waals surface area contributed by atoms with E-state index in [2.05, 4.69) is 12.2 Å². The Kier molecular flexibility index (Phi) is 14.4. The molecule has 1 aromatic heterocycles. The minimum absolute atomic E-state index is 0.107. The maximum atomic E-state index is 13.1. The molecule has 0 aliphatic heterocycles. The van der Waals surface area contributed by atoms with E-state index < -0.39 is 12.1 Å². The van der Waals surface area contributed by atoms with Crippen molar-refractivity contribution in [3.05, 3.63) is 45.6 Å². The largest absolute Gasteiger partial charge is 0.513 e. The molecule has 0 saturated heterocycles. The average Bonchev–Trinajstić information content (AvgIpc) is 3.35. The molecule has 0 saturated carbocycles. The summed E-state index contributed by atoms with van der Waals surface area (Å²) in [7, 11) is 0. The fraction of sp³-hybridized carbons (Fsp3) is 0.552. The summed E-state index contributed by atoms with van der Waals surface area (Å²) >= 11 is 1.34. The summed E-state index contributed by atoms with van der Waals surface area (Å²) in [6, 6.07) is 6.28. The zero-order valence-electron chi connectivity index (χ0n) is 22.2. The predicted octanol–water partition coefficient (Wildman–Crippen LogP) is 8.48. The van der Waals surface area contributed by atoms with Crippen LogP contribution >= 0.6 is 11.3 Å². The van der Waals surface area contributed by atoms with E-state index in [9.17, 15) is 19.5 Å². The number of carboxylic acids is 1. The minimum Gasteiger partial charge on any atom is -0.478 e. The van der Waals surface area contributed by atoms with Gasteiger partial charge in [0.1, 0.15) is 5.56 Å². The summed E-state index contributed by atoms with van der Waals surface area (Å²) in [4.78, 5) is 37.5. The van der Waals surface area contributed by atoms with Gasteiger partial charge in [0.2, 0.25) is 0 Å². The summed E-state index contributed by atoms with van der Waals surface area (Å²) in [5.74, 6) is -1.87. The number of unbranched alkanes of at least 4 members (excludes halogenated alkanes) is 10. The van der Waals surface area contributed by atoms with Gasteiger partial charge in [0, 0.05) is 0 Å². The Morgan fingerprint density at radius 2 is 1.51 bits per heavy atom. The van der Waals surface area contributed by atoms with Gasteiger partial charge in [0.15, 0.2) is 5.75 Å². The lowest BCUT2D eigenvalue weighted by Gasteiger charge is -2.14. The van der Waals surface area contributed by atoms with Crippen LogP contribution in [0.1, 0.15) is 116 Å². The third kappa shape index (κ3) is 11.0. The van der Waals surface area contributed by atoms with Crippen LogP contribution in [0.2, 0.25) is 0 Å². The van der Waals surface area contributed by atoms with Crippen molar-refractivity contribution in [1.29, 1.82) is 0 Å². The number of rotatable bonds is 18. The minimum atomic E-state index is -1.27. The molecule has 0 aliphatic carbocycles. The highest BCUT2D eigenvalue weighted by Gasteiger charge is 2.22. The molecular weight excluding hydrogens is 490 g/mol. The van der Waals surface area contributed by atoms with Gasteiger partial charge in [-0.25, -0.2) is 9.59 Å². The van der Waals surface area contributed by atoms with Crippen LogP contribution in [-0.4, -0.2) is 29.7 Å². The molecule has 0 aliphatic rings. The molecule has 7 nitrogen and oxygen atoms in total. The van der Waals surface area contributed by atoms with Crippen LogP contribution in [0.15, 0.2) is 29.6 Å². The molecule has 0 bridgehead atoms. The molecule has 2 rings (SSSR count). The first kappa shape index (κ1) is 30.4. The molecule has 0 atom stereocenters. The van der Waals surface area contributed by atoms with E-state index in [1.165, 1.54) is 80.9 Å². The van der Waals surface area contributed by atoms with E-state index in [1.807, 2.05) is 18.4 Å². The molecule has 0 radical (unpaired) electrons. The van der Waals surface area contributed by atoms with Gasteiger partial charge in [-0.15, -0.1) is 11.3 Å². The smallest absolute Gasteiger partial charge is 0.478 e. The average molecular weight is 532 g/mol. The molecule has 0 unspecified atom stereocenters. The number of carboxylic acid groups (broad SMARTS) is 1. The number of nitrogens with one attached hydrogen (secondary N) is 1. The van der Waals surface area contributed by atoms with Gasteiger partial charge >= 0.3 is 12.1 Å². The number of para-hydroxylation sites is 1. The van der Waals surface area contributed by atoms with Crippen molar-refractivity contribution in [3.8, 4) is 5.75 Å². The number of amides is 1. The normalized spacial score (nSPS) is 10.8. The van der Waals surface area contributed by atoms with Crippen LogP contribution < -0.4 is 10.1 Å². The first-order chi connectivity index (χ1) is 18.0. The van der Waals surface area contributed by atoms with E-state index >= 15 is 0 Å². The number of anilines is 1. The van der Waals surface area contributed by atoms with Crippen LogP contribution in [0.25, 0.3) is 0 Å². The van der Waals surface area contributed by atoms with Crippen LogP contribution in [-0.2, 0) is 11.2 Å². The van der Waals surface area contributed by atoms with E-state index in [-0.39, 0.29) is 29.5 Å². The quantitative estimate of drug-likeness (QED) is 0.114. The fourth-order valence-corrected chi connectivity index (χ4v) is 4.89. The van der Waals surface area contributed by atoms with Crippen molar-refractivity contribution < 1.29 is 29.0 Å². The topological polar surface area (TPSA) is 102 Å². The highest BCUT2D eigenvalue weighted by Crippen LogP contribution is 2.31. The molecule has 1 aromatic carbocycles. The van der Waals surface area contributed by atoms with Gasteiger partial charge in [0.25, 0.3) is 5.91 Å². The summed E-state index contributed by atoms with van der Waals surface area (Å²) in [5, 5.41) is 14.2. The third-order valence-corrected chi connectivity index (χ3v) is 7.10. The number of carbonyl (C=O) groups excluding carboxylic acids is 2. The van der Waals surface area contributed by atoms with Crippen molar-refractivity contribution in [2.45, 2.75) is 97.3 Å². The Morgan fingerprint density at radius 1 is 0.865 bits per heavy atom. The summed E-state index contributed by atoms with van der Waals surface area (Å²) in [5.41, 5.74) is 0.843. The second-order valence-electron chi connectivity index (χ2n) is 9.20. The summed E-state index contributed by atoms with van der Waals surface area (Å²) in [6.45, 7) is 4.36. The highest BCUT2D eigenvalue weighted by atomic mass is 32.1. The molecule has 8 heteroatoms. The monoisotopic (exact) mass is 531 g/mol. The Bertz CT molecular complexity index is 987. The molecule has 0 spiro atoms. The number of thiophene rings is 1. The number of aryl methyl sites for hydroxylation is 1. The van der Waals surface area contributed by atoms with Crippen molar-refractivity contribution in [2.24, 2.45) is 0 Å². The zero-order valence-corrected chi connectivity index (χ0v) is 23.0. The van der Waals surface area contributed by atoms with Crippen LogP contribution in [0.5, 0.6) is 5.75 Å². The molecule has 204 valence electrons. The summed E-state index contributed by atoms with van der Waals surface area (Å²) in [6.07, 6.45) is 13.8. The van der Waals surface area contributed by atoms with E-state index in [0.29, 0.717) is 11.3 Å². The zero-order chi connectivity index (χ0) is 26.9. The SMILES string of the molecule is CCCCCCCCCCCCc1ccsc1C(=O)Nc1cccc(C(=O)O)c1OC(=O)OCCCC. The lowest BCUT2D eigenvalue weighted by atomic mass is 10.0. The van der Waals surface area contributed by atoms with Crippen molar-refractivity contribution >= 4 is 35.1 Å². The van der Waals surface area contributed by atoms with Crippen LogP contribution in [0, 0.1) is 0 Å². The molecule has 2 aromatic rings. The molecule has 1 heterocycles. The number of carbonyl (C=O) groups is 3. The van der Waals surface area contributed by atoms with Gasteiger partial charge < -0.3 is 19.9 Å². The van der Waals surface area contributed by atoms with E-state index in [4.69, 9.17) is 9.47 Å². The third-order valence-electron chi connectivity index (χ3n) is 6.15. The lowest BCUT2D eigenvalue weighted by Crippen LogP contribution is -2.18. The van der Waals surface area contributed by atoms with E-state index in [1.54, 1.807) is 0 Å². The number of benzene rings is 1. The Hall–Kier alpha value is -2.87. The van der Waals surface area contributed by atoms with Crippen LogP contribution in [0.4, 0.5) is 10.5 Å². The number of hydrogen-bond donors (Lipinski definition) is 2. The maximum absolute atomic E-state index is 13.1. The molecular formula is C29H41NO6S. The first-order valence-corrected chi connectivity index (χ1v) is 14.4. The molecule has 2 N–H and O–H groups in total. The van der Waals surface area contributed by atoms with Gasteiger partial charge in [0.05, 0.1) is 17.2 Å². The fourth-order valence-electron chi connectivity index (χ4n) is 4.04. The second kappa shape index (κ2) is 17.6. The Morgan fingerprint density at radius 3 is 2.16 bits per heavy atom. The van der Waals surface area contributed by atoms with Gasteiger partial charge in [-0.1, -0.05) is 84.1 Å². The van der Waals surface area contributed by atoms with Crippen molar-refractivity contribution in [2.75, 3.05) is 11.9 Å². The predicted molar refractivity (Wildman–Crippen MR) is 148 cm³/mol. The molecule has 0 fully saturated rings. The number of hydrogen-bond acceptors (Lipinski definition) is 6. The van der Waals surface area contributed by atoms with Crippen molar-refractivity contribution in [3.63, 3.8) is 0 Å². The van der Waals surface area contributed by atoms with Gasteiger partial charge in [-0.2, -0.15) is 0 Å². The second-order valence-corrected chi connectivity index (χ2v) is 10.1. The maximum Gasteiger partial charge on any atom is 0.513 e. The number of aromatic carboxylic acids is 1. The number of ether oxygens (including phenoxy) is 2. The van der Waals surface area contributed by atoms with Gasteiger partial charge in [-0.3, -0.25) is 4.79 Å². The van der Waals surface area contributed by atoms with Crippen LogP contribution in [0.3, 0.4) is 0 Å². The van der Waals surface area contributed by atoms with Crippen molar-refractivity contribution in [1.82, 2.24) is 0 Å². The molecule has 1 amide bonds. The molecule has 37 heavy (non-hydrogen) atoms. The Labute approximate surface area is 224 Å². The standard InChI is InChI=1S/C29H41NO6S/c1-3-5-7-8-9-10-11-12-13-14-16-22-19-21-37-26(22)27(31)30-24-18-15-17-23(28(32)33)25(24)36-29(34)35-20-6-4-2/h15,17-19,21H,3-14,16,20H2,1-2H3,(H,30,31)(H,32,33).